The van der Waals surface area contributed by atoms with Gasteiger partial charge in [-0.1, -0.05) is 17.7 Å². The summed E-state index contributed by atoms with van der Waals surface area (Å²) in [7, 11) is 0. The van der Waals surface area contributed by atoms with Crippen molar-refractivity contribution >= 4 is 23.2 Å². The number of aromatic nitrogens is 2. The Hall–Kier alpha value is -1.85. The highest BCUT2D eigenvalue weighted by Gasteiger charge is 2.27. The van der Waals surface area contributed by atoms with Crippen LogP contribution in [0.5, 0.6) is 0 Å². The second-order valence-corrected chi connectivity index (χ2v) is 6.60. The van der Waals surface area contributed by atoms with Gasteiger partial charge in [-0.3, -0.25) is 9.48 Å². The number of nitrogens with one attached hydrogen (secondary N) is 1. The Morgan fingerprint density at radius 1 is 1.35 bits per heavy atom. The van der Waals surface area contributed by atoms with Crippen LogP contribution in [0, 0.1) is 0 Å². The maximum Gasteiger partial charge on any atom is 0.278 e. The lowest BCUT2D eigenvalue weighted by Crippen LogP contribution is -2.32. The van der Waals surface area contributed by atoms with Crippen LogP contribution in [0.2, 0.25) is 5.02 Å². The monoisotopic (exact) mass is 330 g/mol. The van der Waals surface area contributed by atoms with E-state index in [1.165, 1.54) is 5.56 Å². The molecule has 1 fully saturated rings. The van der Waals surface area contributed by atoms with Crippen molar-refractivity contribution < 1.29 is 4.79 Å². The number of amides is 1. The standard InChI is InChI=1S/C17H19ClN4O/c18-13-4-3-12-5-8-21(16(12)10-13)17(23)15-6-9-22(20-15)14-2-1-7-19-11-14/h3-4,6,9-10,14,19H,1-2,5,7-8,11H2. The van der Waals surface area contributed by atoms with Gasteiger partial charge in [0.25, 0.3) is 5.91 Å². The molecule has 0 bridgehead atoms. The normalized spacial score (nSPS) is 20.6. The molecule has 2 aromatic rings. The third kappa shape index (κ3) is 2.75. The molecular weight excluding hydrogens is 312 g/mol. The first-order valence-electron chi connectivity index (χ1n) is 8.08. The van der Waals surface area contributed by atoms with Crippen LogP contribution in [0.4, 0.5) is 5.69 Å². The van der Waals surface area contributed by atoms with Crippen LogP contribution < -0.4 is 10.2 Å². The van der Waals surface area contributed by atoms with E-state index in [1.54, 1.807) is 4.90 Å². The van der Waals surface area contributed by atoms with Crippen molar-refractivity contribution in [3.63, 3.8) is 0 Å². The first kappa shape index (κ1) is 14.7. The van der Waals surface area contributed by atoms with E-state index in [2.05, 4.69) is 10.4 Å². The zero-order valence-corrected chi connectivity index (χ0v) is 13.6. The summed E-state index contributed by atoms with van der Waals surface area (Å²) in [6.07, 6.45) is 5.03. The predicted octanol–water partition coefficient (Wildman–Crippen LogP) is 2.66. The number of carbonyl (C=O) groups is 1. The summed E-state index contributed by atoms with van der Waals surface area (Å²) in [6, 6.07) is 7.89. The predicted molar refractivity (Wildman–Crippen MR) is 90.2 cm³/mol. The molecule has 1 saturated heterocycles. The van der Waals surface area contributed by atoms with Crippen LogP contribution in [-0.2, 0) is 6.42 Å². The summed E-state index contributed by atoms with van der Waals surface area (Å²) >= 11 is 6.08. The first-order valence-corrected chi connectivity index (χ1v) is 8.46. The summed E-state index contributed by atoms with van der Waals surface area (Å²) in [5.74, 6) is -0.0477. The molecule has 0 saturated carbocycles. The average molecular weight is 331 g/mol. The van der Waals surface area contributed by atoms with Crippen molar-refractivity contribution in [2.24, 2.45) is 0 Å². The largest absolute Gasteiger partial charge is 0.315 e. The number of benzene rings is 1. The molecule has 0 radical (unpaired) electrons. The van der Waals surface area contributed by atoms with E-state index in [1.807, 2.05) is 35.1 Å². The Labute approximate surface area is 140 Å². The van der Waals surface area contributed by atoms with Gasteiger partial charge in [0.15, 0.2) is 5.69 Å². The van der Waals surface area contributed by atoms with Gasteiger partial charge < -0.3 is 10.2 Å². The molecule has 1 atom stereocenters. The fourth-order valence-corrected chi connectivity index (χ4v) is 3.58. The average Bonchev–Trinajstić information content (AvgIpc) is 3.22. The Bertz CT molecular complexity index is 736. The minimum atomic E-state index is -0.0477. The molecule has 2 aliphatic rings. The second-order valence-electron chi connectivity index (χ2n) is 6.16. The molecule has 120 valence electrons. The van der Waals surface area contributed by atoms with E-state index in [9.17, 15) is 4.79 Å². The zero-order valence-electron chi connectivity index (χ0n) is 12.8. The molecule has 1 amide bonds. The Morgan fingerprint density at radius 3 is 3.09 bits per heavy atom. The first-order chi connectivity index (χ1) is 11.2. The Kier molecular flexibility index (Phi) is 3.83. The minimum Gasteiger partial charge on any atom is -0.315 e. The highest BCUT2D eigenvalue weighted by Crippen LogP contribution is 2.31. The number of piperidine rings is 1. The maximum absolute atomic E-state index is 12.8. The van der Waals surface area contributed by atoms with Crippen LogP contribution in [0.3, 0.4) is 0 Å². The molecule has 1 aromatic carbocycles. The molecule has 0 spiro atoms. The second kappa shape index (κ2) is 5.98. The fourth-order valence-electron chi connectivity index (χ4n) is 3.42. The number of rotatable bonds is 2. The van der Waals surface area contributed by atoms with E-state index >= 15 is 0 Å². The third-order valence-electron chi connectivity index (χ3n) is 4.66. The van der Waals surface area contributed by atoms with E-state index in [4.69, 9.17) is 11.6 Å². The van der Waals surface area contributed by atoms with Crippen molar-refractivity contribution in [2.75, 3.05) is 24.5 Å². The lowest BCUT2D eigenvalue weighted by molar-refractivity contribution is 0.0983. The number of hydrogen-bond acceptors (Lipinski definition) is 3. The van der Waals surface area contributed by atoms with Gasteiger partial charge in [-0.15, -0.1) is 0 Å². The Morgan fingerprint density at radius 2 is 2.26 bits per heavy atom. The lowest BCUT2D eigenvalue weighted by Gasteiger charge is -2.23. The molecule has 23 heavy (non-hydrogen) atoms. The minimum absolute atomic E-state index is 0.0477. The number of nitrogens with zero attached hydrogens (tertiary/aromatic N) is 3. The molecule has 5 nitrogen and oxygen atoms in total. The highest BCUT2D eigenvalue weighted by molar-refractivity contribution is 6.31. The summed E-state index contributed by atoms with van der Waals surface area (Å²) in [4.78, 5) is 14.6. The van der Waals surface area contributed by atoms with Crippen LogP contribution in [0.15, 0.2) is 30.5 Å². The molecule has 6 heteroatoms. The van der Waals surface area contributed by atoms with E-state index in [0.717, 1.165) is 38.0 Å². The summed E-state index contributed by atoms with van der Waals surface area (Å²) < 4.78 is 1.92. The van der Waals surface area contributed by atoms with Crippen LogP contribution in [-0.4, -0.2) is 35.3 Å². The molecular formula is C17H19ClN4O. The van der Waals surface area contributed by atoms with Gasteiger partial charge >= 0.3 is 0 Å². The molecule has 1 aromatic heterocycles. The van der Waals surface area contributed by atoms with Gasteiger partial charge in [-0.05, 0) is 49.6 Å². The van der Waals surface area contributed by atoms with Crippen molar-refractivity contribution in [1.82, 2.24) is 15.1 Å². The highest BCUT2D eigenvalue weighted by atomic mass is 35.5. The molecule has 4 rings (SSSR count). The van der Waals surface area contributed by atoms with E-state index in [0.29, 0.717) is 23.3 Å². The van der Waals surface area contributed by atoms with Gasteiger partial charge in [0, 0.05) is 30.0 Å². The van der Waals surface area contributed by atoms with Gasteiger partial charge in [-0.25, -0.2) is 0 Å². The van der Waals surface area contributed by atoms with Crippen molar-refractivity contribution in [2.45, 2.75) is 25.3 Å². The summed E-state index contributed by atoms with van der Waals surface area (Å²) in [6.45, 7) is 2.67. The number of hydrogen-bond donors (Lipinski definition) is 1. The van der Waals surface area contributed by atoms with Crippen molar-refractivity contribution in [3.05, 3.63) is 46.7 Å². The molecule has 1 unspecified atom stereocenters. The van der Waals surface area contributed by atoms with E-state index < -0.39 is 0 Å². The molecule has 3 heterocycles. The topological polar surface area (TPSA) is 50.2 Å². The number of anilines is 1. The van der Waals surface area contributed by atoms with Gasteiger partial charge in [0.2, 0.25) is 0 Å². The SMILES string of the molecule is O=C(c1ccn(C2CCCNC2)n1)N1CCc2ccc(Cl)cc21. The zero-order chi connectivity index (χ0) is 15.8. The maximum atomic E-state index is 12.8. The fraction of sp³-hybridized carbons (Fsp3) is 0.412. The van der Waals surface area contributed by atoms with E-state index in [-0.39, 0.29) is 5.91 Å². The van der Waals surface area contributed by atoms with Crippen molar-refractivity contribution in [3.8, 4) is 0 Å². The summed E-state index contributed by atoms with van der Waals surface area (Å²) in [5.41, 5.74) is 2.58. The van der Waals surface area contributed by atoms with Crippen LogP contribution in [0.25, 0.3) is 0 Å². The Balaban J connectivity index is 1.56. The molecule has 1 N–H and O–H groups in total. The molecule has 0 aliphatic carbocycles. The van der Waals surface area contributed by atoms with Gasteiger partial charge in [0.05, 0.1) is 6.04 Å². The quantitative estimate of drug-likeness (QED) is 0.921. The van der Waals surface area contributed by atoms with Gasteiger partial charge in [-0.2, -0.15) is 5.10 Å². The van der Waals surface area contributed by atoms with Crippen molar-refractivity contribution in [1.29, 1.82) is 0 Å². The van der Waals surface area contributed by atoms with Crippen LogP contribution in [0.1, 0.15) is 34.9 Å². The number of carbonyl (C=O) groups excluding carboxylic acids is 1. The molecule has 2 aliphatic heterocycles. The smallest absolute Gasteiger partial charge is 0.278 e. The third-order valence-corrected chi connectivity index (χ3v) is 4.90. The van der Waals surface area contributed by atoms with Gasteiger partial charge in [0.1, 0.15) is 0 Å². The number of fused-ring (bicyclic) bond motifs is 1. The lowest BCUT2D eigenvalue weighted by atomic mass is 10.1. The number of halogens is 1. The van der Waals surface area contributed by atoms with Crippen LogP contribution >= 0.6 is 11.6 Å². The summed E-state index contributed by atoms with van der Waals surface area (Å²) in [5, 5.41) is 8.56.